The summed E-state index contributed by atoms with van der Waals surface area (Å²) in [6, 6.07) is -0.298. The fraction of sp³-hybridized carbons (Fsp3) is 0.867. The number of nitrogens with zero attached hydrogens (tertiary/aromatic N) is 1. The van der Waals surface area contributed by atoms with Gasteiger partial charge in [0.05, 0.1) is 0 Å². The predicted molar refractivity (Wildman–Crippen MR) is 76.7 cm³/mol. The summed E-state index contributed by atoms with van der Waals surface area (Å²) >= 11 is 0. The number of amides is 2. The van der Waals surface area contributed by atoms with Gasteiger partial charge in [0.1, 0.15) is 11.6 Å². The van der Waals surface area contributed by atoms with Gasteiger partial charge in [0, 0.05) is 6.54 Å². The lowest BCUT2D eigenvalue weighted by molar-refractivity contribution is -0.155. The molecule has 0 aliphatic carbocycles. The number of carbonyl (C=O) groups is 2. The molecule has 19 heavy (non-hydrogen) atoms. The molecule has 0 aromatic rings. The number of carbonyl (C=O) groups excluding carboxylic acids is 2. The van der Waals surface area contributed by atoms with Gasteiger partial charge in [-0.05, 0) is 25.7 Å². The number of hydrogen-bond donors (Lipinski definition) is 1. The lowest BCUT2D eigenvalue weighted by Crippen LogP contribution is -2.69. The van der Waals surface area contributed by atoms with Crippen molar-refractivity contribution in [2.45, 2.75) is 71.9 Å². The van der Waals surface area contributed by atoms with Crippen LogP contribution in [0.2, 0.25) is 0 Å². The maximum atomic E-state index is 12.7. The highest BCUT2D eigenvalue weighted by Gasteiger charge is 2.46. The first kappa shape index (κ1) is 16.0. The third kappa shape index (κ3) is 3.10. The molecule has 0 aromatic carbocycles. The molecule has 1 heterocycles. The predicted octanol–water partition coefficient (Wildman–Crippen LogP) is 2.33. The van der Waals surface area contributed by atoms with E-state index < -0.39 is 5.54 Å². The van der Waals surface area contributed by atoms with Crippen LogP contribution < -0.4 is 5.32 Å². The highest BCUT2D eigenvalue weighted by molar-refractivity contribution is 5.99. The standard InChI is InChI=1S/C15H28N2O2/c1-6-11(7-2)10-17-12(8-3)13(18)16-15(5,9-4)14(17)19/h11-12H,6-10H2,1-5H3,(H,16,18). The van der Waals surface area contributed by atoms with Gasteiger partial charge in [0.15, 0.2) is 0 Å². The Labute approximate surface area is 116 Å². The molecular weight excluding hydrogens is 240 g/mol. The molecule has 1 aliphatic rings. The molecule has 4 heteroatoms. The van der Waals surface area contributed by atoms with E-state index in [4.69, 9.17) is 0 Å². The van der Waals surface area contributed by atoms with Crippen molar-refractivity contribution in [1.82, 2.24) is 10.2 Å². The van der Waals surface area contributed by atoms with Crippen LogP contribution in [-0.2, 0) is 9.59 Å². The van der Waals surface area contributed by atoms with Crippen LogP contribution >= 0.6 is 0 Å². The lowest BCUT2D eigenvalue weighted by atomic mass is 9.89. The van der Waals surface area contributed by atoms with Gasteiger partial charge in [-0.3, -0.25) is 9.59 Å². The second-order valence-electron chi connectivity index (χ2n) is 5.74. The first-order valence-corrected chi connectivity index (χ1v) is 7.56. The van der Waals surface area contributed by atoms with Gasteiger partial charge in [-0.25, -0.2) is 0 Å². The molecule has 1 aliphatic heterocycles. The molecule has 2 unspecified atom stereocenters. The van der Waals surface area contributed by atoms with Crippen LogP contribution in [0.3, 0.4) is 0 Å². The van der Waals surface area contributed by atoms with E-state index in [-0.39, 0.29) is 17.9 Å². The van der Waals surface area contributed by atoms with Crippen LogP contribution in [0.4, 0.5) is 0 Å². The number of hydrogen-bond acceptors (Lipinski definition) is 2. The maximum absolute atomic E-state index is 12.7. The van der Waals surface area contributed by atoms with Gasteiger partial charge in [-0.15, -0.1) is 0 Å². The Bertz CT molecular complexity index is 339. The Balaban J connectivity index is 2.99. The molecule has 0 aromatic heterocycles. The van der Waals surface area contributed by atoms with Crippen molar-refractivity contribution < 1.29 is 9.59 Å². The van der Waals surface area contributed by atoms with Crippen molar-refractivity contribution >= 4 is 11.8 Å². The first-order chi connectivity index (χ1) is 8.93. The smallest absolute Gasteiger partial charge is 0.248 e. The van der Waals surface area contributed by atoms with E-state index in [9.17, 15) is 9.59 Å². The zero-order chi connectivity index (χ0) is 14.6. The van der Waals surface area contributed by atoms with Gasteiger partial charge in [-0.1, -0.05) is 40.5 Å². The van der Waals surface area contributed by atoms with Gasteiger partial charge >= 0.3 is 0 Å². The molecule has 110 valence electrons. The summed E-state index contributed by atoms with van der Waals surface area (Å²) in [5.41, 5.74) is -0.727. The molecular formula is C15H28N2O2. The average molecular weight is 268 g/mol. The third-order valence-corrected chi connectivity index (χ3v) is 4.51. The summed E-state index contributed by atoms with van der Waals surface area (Å²) < 4.78 is 0. The second-order valence-corrected chi connectivity index (χ2v) is 5.74. The Kier molecular flexibility index (Phi) is 5.39. The largest absolute Gasteiger partial charge is 0.340 e. The van der Waals surface area contributed by atoms with Crippen LogP contribution in [0.5, 0.6) is 0 Å². The molecule has 1 fully saturated rings. The van der Waals surface area contributed by atoms with Crippen molar-refractivity contribution in [2.75, 3.05) is 6.54 Å². The molecule has 4 nitrogen and oxygen atoms in total. The van der Waals surface area contributed by atoms with E-state index in [0.717, 1.165) is 12.8 Å². The molecule has 0 bridgehead atoms. The Hall–Kier alpha value is -1.06. The fourth-order valence-electron chi connectivity index (χ4n) is 2.69. The molecule has 2 atom stereocenters. The Morgan fingerprint density at radius 3 is 2.21 bits per heavy atom. The summed E-state index contributed by atoms with van der Waals surface area (Å²) in [5.74, 6) is 0.552. The average Bonchev–Trinajstić information content (AvgIpc) is 2.41. The third-order valence-electron chi connectivity index (χ3n) is 4.51. The van der Waals surface area contributed by atoms with E-state index in [1.807, 2.05) is 25.7 Å². The highest BCUT2D eigenvalue weighted by Crippen LogP contribution is 2.25. The second kappa shape index (κ2) is 6.40. The van der Waals surface area contributed by atoms with Gasteiger partial charge < -0.3 is 10.2 Å². The Morgan fingerprint density at radius 1 is 1.21 bits per heavy atom. The molecule has 2 amide bonds. The summed E-state index contributed by atoms with van der Waals surface area (Å²) in [7, 11) is 0. The lowest BCUT2D eigenvalue weighted by Gasteiger charge is -2.45. The maximum Gasteiger partial charge on any atom is 0.248 e. The zero-order valence-corrected chi connectivity index (χ0v) is 13.0. The quantitative estimate of drug-likeness (QED) is 0.803. The van der Waals surface area contributed by atoms with Gasteiger partial charge in [0.25, 0.3) is 0 Å². The van der Waals surface area contributed by atoms with Gasteiger partial charge in [-0.2, -0.15) is 0 Å². The van der Waals surface area contributed by atoms with Crippen molar-refractivity contribution in [1.29, 1.82) is 0 Å². The van der Waals surface area contributed by atoms with Crippen LogP contribution in [0.15, 0.2) is 0 Å². The number of piperazine rings is 1. The fourth-order valence-corrected chi connectivity index (χ4v) is 2.69. The molecule has 0 saturated carbocycles. The van der Waals surface area contributed by atoms with Crippen molar-refractivity contribution in [2.24, 2.45) is 5.92 Å². The molecule has 0 spiro atoms. The van der Waals surface area contributed by atoms with Crippen LogP contribution in [-0.4, -0.2) is 34.8 Å². The van der Waals surface area contributed by atoms with E-state index in [2.05, 4.69) is 19.2 Å². The molecule has 1 saturated heterocycles. The number of nitrogens with one attached hydrogen (secondary N) is 1. The highest BCUT2D eigenvalue weighted by atomic mass is 16.2. The van der Waals surface area contributed by atoms with E-state index >= 15 is 0 Å². The summed E-state index contributed by atoms with van der Waals surface area (Å²) in [5, 5.41) is 2.90. The normalized spacial score (nSPS) is 27.9. The van der Waals surface area contributed by atoms with Gasteiger partial charge in [0.2, 0.25) is 11.8 Å². The van der Waals surface area contributed by atoms with E-state index in [1.165, 1.54) is 0 Å². The Morgan fingerprint density at radius 2 is 1.79 bits per heavy atom. The summed E-state index contributed by atoms with van der Waals surface area (Å²) in [4.78, 5) is 26.7. The van der Waals surface area contributed by atoms with Crippen molar-refractivity contribution in [3.63, 3.8) is 0 Å². The van der Waals surface area contributed by atoms with Crippen LogP contribution in [0.1, 0.15) is 60.3 Å². The van der Waals surface area contributed by atoms with Crippen LogP contribution in [0, 0.1) is 5.92 Å². The minimum Gasteiger partial charge on any atom is -0.340 e. The monoisotopic (exact) mass is 268 g/mol. The SMILES string of the molecule is CCC(CC)CN1C(=O)C(C)(CC)NC(=O)C1CC. The summed E-state index contributed by atoms with van der Waals surface area (Å²) in [6.45, 7) is 10.7. The minimum absolute atomic E-state index is 0.00240. The topological polar surface area (TPSA) is 49.4 Å². The minimum atomic E-state index is -0.727. The van der Waals surface area contributed by atoms with Crippen LogP contribution in [0.25, 0.3) is 0 Å². The molecule has 1 N–H and O–H groups in total. The summed E-state index contributed by atoms with van der Waals surface area (Å²) in [6.07, 6.45) is 3.40. The first-order valence-electron chi connectivity index (χ1n) is 7.56. The zero-order valence-electron chi connectivity index (χ0n) is 13.0. The molecule has 0 radical (unpaired) electrons. The molecule has 1 rings (SSSR count). The van der Waals surface area contributed by atoms with Crippen molar-refractivity contribution in [3.8, 4) is 0 Å². The van der Waals surface area contributed by atoms with E-state index in [1.54, 1.807) is 0 Å². The van der Waals surface area contributed by atoms with Crippen molar-refractivity contribution in [3.05, 3.63) is 0 Å². The number of rotatable bonds is 6. The van der Waals surface area contributed by atoms with E-state index in [0.29, 0.717) is 25.3 Å².